The highest BCUT2D eigenvalue weighted by molar-refractivity contribution is 9.10. The van der Waals surface area contributed by atoms with E-state index in [1.165, 1.54) is 0 Å². The summed E-state index contributed by atoms with van der Waals surface area (Å²) in [5, 5.41) is 15.3. The van der Waals surface area contributed by atoms with Gasteiger partial charge in [-0.1, -0.05) is 39.2 Å². The van der Waals surface area contributed by atoms with Crippen LogP contribution in [0, 0.1) is 0 Å². The van der Waals surface area contributed by atoms with E-state index in [4.69, 9.17) is 10.6 Å². The van der Waals surface area contributed by atoms with E-state index in [0.29, 0.717) is 12.1 Å². The van der Waals surface area contributed by atoms with E-state index in [0.717, 1.165) is 4.47 Å². The first kappa shape index (κ1) is 13.5. The van der Waals surface area contributed by atoms with Gasteiger partial charge in [0.1, 0.15) is 6.04 Å². The van der Waals surface area contributed by atoms with Crippen LogP contribution >= 0.6 is 15.9 Å². The van der Waals surface area contributed by atoms with Gasteiger partial charge < -0.3 is 10.4 Å². The van der Waals surface area contributed by atoms with Crippen molar-refractivity contribution in [2.75, 3.05) is 13.1 Å². The van der Waals surface area contributed by atoms with Crippen LogP contribution in [-0.4, -0.2) is 24.2 Å². The third kappa shape index (κ3) is 4.07. The Hall–Kier alpha value is -1.56. The molecule has 1 aromatic carbocycles. The molecular formula is C10H11BrN4O2. The van der Waals surface area contributed by atoms with Gasteiger partial charge in [0.2, 0.25) is 0 Å². The summed E-state index contributed by atoms with van der Waals surface area (Å²) in [4.78, 5) is 13.7. The van der Waals surface area contributed by atoms with Gasteiger partial charge in [-0.2, -0.15) is 0 Å². The average Bonchev–Trinajstić information content (AvgIpc) is 2.30. The first-order valence-electron chi connectivity index (χ1n) is 4.88. The van der Waals surface area contributed by atoms with E-state index in [1.807, 2.05) is 6.07 Å². The van der Waals surface area contributed by atoms with Crippen molar-refractivity contribution in [1.29, 1.82) is 0 Å². The summed E-state index contributed by atoms with van der Waals surface area (Å²) in [5.41, 5.74) is 8.75. The lowest BCUT2D eigenvalue weighted by molar-refractivity contribution is -0.139. The summed E-state index contributed by atoms with van der Waals surface area (Å²) < 4.78 is 0.726. The van der Waals surface area contributed by atoms with Crippen LogP contribution in [0.5, 0.6) is 0 Å². The molecule has 0 aliphatic rings. The molecule has 0 aromatic heterocycles. The molecule has 0 amide bonds. The van der Waals surface area contributed by atoms with Gasteiger partial charge in [-0.15, -0.1) is 0 Å². The first-order chi connectivity index (χ1) is 8.16. The lowest BCUT2D eigenvalue weighted by Crippen LogP contribution is -2.30. The molecule has 1 aromatic rings. The molecular weight excluding hydrogens is 288 g/mol. The Kier molecular flexibility index (Phi) is 5.48. The number of aliphatic carboxylic acids is 1. The number of carbonyl (C=O) groups is 1. The van der Waals surface area contributed by atoms with Crippen molar-refractivity contribution in [2.24, 2.45) is 5.11 Å². The standard InChI is InChI=1S/C10H11BrN4O2/c11-8-4-2-1-3-7(8)9(10(16)17)13-5-6-14-15-12/h1-4,9,13H,5-6H2,(H,16,17). The highest BCUT2D eigenvalue weighted by Gasteiger charge is 2.20. The zero-order chi connectivity index (χ0) is 12.7. The number of azide groups is 1. The topological polar surface area (TPSA) is 98.1 Å². The van der Waals surface area contributed by atoms with E-state index in [1.54, 1.807) is 18.2 Å². The quantitative estimate of drug-likeness (QED) is 0.365. The summed E-state index contributed by atoms with van der Waals surface area (Å²) >= 11 is 3.30. The van der Waals surface area contributed by atoms with Crippen molar-refractivity contribution < 1.29 is 9.90 Å². The fraction of sp³-hybridized carbons (Fsp3) is 0.300. The zero-order valence-corrected chi connectivity index (χ0v) is 10.5. The summed E-state index contributed by atoms with van der Waals surface area (Å²) in [7, 11) is 0. The molecule has 6 nitrogen and oxygen atoms in total. The number of hydrogen-bond donors (Lipinski definition) is 2. The molecule has 1 unspecified atom stereocenters. The molecule has 0 spiro atoms. The van der Waals surface area contributed by atoms with Gasteiger partial charge in [0.15, 0.2) is 0 Å². The highest BCUT2D eigenvalue weighted by atomic mass is 79.9. The minimum atomic E-state index is -0.974. The van der Waals surface area contributed by atoms with Crippen molar-refractivity contribution in [3.63, 3.8) is 0 Å². The van der Waals surface area contributed by atoms with Gasteiger partial charge in [-0.25, -0.2) is 0 Å². The molecule has 17 heavy (non-hydrogen) atoms. The summed E-state index contributed by atoms with van der Waals surface area (Å²) in [6.07, 6.45) is 0. The molecule has 1 atom stereocenters. The van der Waals surface area contributed by atoms with Crippen LogP contribution in [0.4, 0.5) is 0 Å². The Balaban J connectivity index is 2.76. The maximum Gasteiger partial charge on any atom is 0.325 e. The lowest BCUT2D eigenvalue weighted by Gasteiger charge is -2.15. The minimum Gasteiger partial charge on any atom is -0.480 e. The summed E-state index contributed by atoms with van der Waals surface area (Å²) in [5.74, 6) is -0.974. The van der Waals surface area contributed by atoms with Crippen LogP contribution in [0.1, 0.15) is 11.6 Å². The largest absolute Gasteiger partial charge is 0.480 e. The van der Waals surface area contributed by atoms with Crippen molar-refractivity contribution in [2.45, 2.75) is 6.04 Å². The van der Waals surface area contributed by atoms with E-state index >= 15 is 0 Å². The Bertz CT molecular complexity index is 446. The Morgan fingerprint density at radius 3 is 2.88 bits per heavy atom. The van der Waals surface area contributed by atoms with E-state index < -0.39 is 12.0 Å². The smallest absolute Gasteiger partial charge is 0.325 e. The number of hydrogen-bond acceptors (Lipinski definition) is 3. The Morgan fingerprint density at radius 2 is 2.29 bits per heavy atom. The summed E-state index contributed by atoms with van der Waals surface area (Å²) in [6, 6.07) is 6.26. The third-order valence-electron chi connectivity index (χ3n) is 2.09. The van der Waals surface area contributed by atoms with Gasteiger partial charge in [0.25, 0.3) is 0 Å². The molecule has 0 radical (unpaired) electrons. The fourth-order valence-corrected chi connectivity index (χ4v) is 1.86. The van der Waals surface area contributed by atoms with Crippen LogP contribution in [0.25, 0.3) is 10.4 Å². The van der Waals surface area contributed by atoms with Crippen LogP contribution in [0.2, 0.25) is 0 Å². The summed E-state index contributed by atoms with van der Waals surface area (Å²) in [6.45, 7) is 0.521. The van der Waals surface area contributed by atoms with Gasteiger partial charge >= 0.3 is 5.97 Å². The highest BCUT2D eigenvalue weighted by Crippen LogP contribution is 2.23. The second-order valence-corrected chi connectivity index (χ2v) is 4.06. The molecule has 0 fully saturated rings. The van der Waals surface area contributed by atoms with Crippen LogP contribution in [-0.2, 0) is 4.79 Å². The minimum absolute atomic E-state index is 0.213. The van der Waals surface area contributed by atoms with E-state index in [9.17, 15) is 4.79 Å². The second kappa shape index (κ2) is 6.90. The molecule has 0 aliphatic heterocycles. The molecule has 90 valence electrons. The van der Waals surface area contributed by atoms with Gasteiger partial charge in [0, 0.05) is 22.5 Å². The third-order valence-corrected chi connectivity index (χ3v) is 2.81. The Labute approximate surface area is 106 Å². The molecule has 0 aliphatic carbocycles. The lowest BCUT2D eigenvalue weighted by atomic mass is 10.1. The van der Waals surface area contributed by atoms with Crippen LogP contribution < -0.4 is 5.32 Å². The maximum atomic E-state index is 11.1. The predicted octanol–water partition coefficient (Wildman–Crippen LogP) is 2.47. The molecule has 0 saturated heterocycles. The van der Waals surface area contributed by atoms with Crippen molar-refractivity contribution in [1.82, 2.24) is 5.32 Å². The average molecular weight is 299 g/mol. The number of nitrogens with one attached hydrogen (secondary N) is 1. The van der Waals surface area contributed by atoms with Crippen molar-refractivity contribution >= 4 is 21.9 Å². The van der Waals surface area contributed by atoms with Crippen molar-refractivity contribution in [3.05, 3.63) is 44.7 Å². The number of carboxylic acids is 1. The SMILES string of the molecule is [N-]=[N+]=NCCNC(C(=O)O)c1ccccc1Br. The van der Waals surface area contributed by atoms with Gasteiger partial charge in [-0.05, 0) is 17.2 Å². The number of nitrogens with zero attached hydrogens (tertiary/aromatic N) is 3. The number of halogens is 1. The number of rotatable bonds is 6. The fourth-order valence-electron chi connectivity index (χ4n) is 1.34. The number of benzene rings is 1. The normalized spacial score (nSPS) is 11.6. The van der Waals surface area contributed by atoms with E-state index in [2.05, 4.69) is 31.3 Å². The molecule has 2 N–H and O–H groups in total. The molecule has 7 heteroatoms. The van der Waals surface area contributed by atoms with E-state index in [-0.39, 0.29) is 6.54 Å². The maximum absolute atomic E-state index is 11.1. The second-order valence-electron chi connectivity index (χ2n) is 3.20. The van der Waals surface area contributed by atoms with Crippen LogP contribution in [0.15, 0.2) is 33.9 Å². The zero-order valence-electron chi connectivity index (χ0n) is 8.88. The molecule has 0 bridgehead atoms. The van der Waals surface area contributed by atoms with Crippen molar-refractivity contribution in [3.8, 4) is 0 Å². The molecule has 0 saturated carbocycles. The Morgan fingerprint density at radius 1 is 1.59 bits per heavy atom. The van der Waals surface area contributed by atoms with Gasteiger partial charge in [0.05, 0.1) is 0 Å². The predicted molar refractivity (Wildman–Crippen MR) is 66.5 cm³/mol. The first-order valence-corrected chi connectivity index (χ1v) is 5.67. The van der Waals surface area contributed by atoms with Gasteiger partial charge in [-0.3, -0.25) is 4.79 Å². The monoisotopic (exact) mass is 298 g/mol. The number of carboxylic acid groups (broad SMARTS) is 1. The molecule has 1 rings (SSSR count). The van der Waals surface area contributed by atoms with Crippen LogP contribution in [0.3, 0.4) is 0 Å². The molecule has 0 heterocycles.